The van der Waals surface area contributed by atoms with Crippen LogP contribution in [0.2, 0.25) is 0 Å². The summed E-state index contributed by atoms with van der Waals surface area (Å²) in [5.41, 5.74) is 0. The smallest absolute Gasteiger partial charge is 0.123 e. The van der Waals surface area contributed by atoms with Gasteiger partial charge in [0.05, 0.1) is 0 Å². The third-order valence-electron chi connectivity index (χ3n) is 2.18. The first-order valence-electron chi connectivity index (χ1n) is 4.30. The lowest BCUT2D eigenvalue weighted by Crippen LogP contribution is -2.31. The van der Waals surface area contributed by atoms with Crippen molar-refractivity contribution in [3.8, 4) is 0 Å². The molecule has 1 N–H and O–H groups in total. The summed E-state index contributed by atoms with van der Waals surface area (Å²) in [5.74, 6) is 0. The van der Waals surface area contributed by atoms with Gasteiger partial charge in [0.1, 0.15) is 9.87 Å². The molecule has 1 aliphatic heterocycles. The van der Waals surface area contributed by atoms with E-state index in [4.69, 9.17) is 0 Å². The van der Waals surface area contributed by atoms with Crippen LogP contribution in [0.1, 0.15) is 25.4 Å². The van der Waals surface area contributed by atoms with Crippen molar-refractivity contribution in [1.29, 1.82) is 0 Å². The van der Waals surface area contributed by atoms with Gasteiger partial charge in [-0.05, 0) is 54.5 Å². The minimum absolute atomic E-state index is 0.433. The molecule has 1 fully saturated rings. The van der Waals surface area contributed by atoms with Gasteiger partial charge in [-0.1, -0.05) is 0 Å². The maximum absolute atomic E-state index is 4.38. The average molecular weight is 277 g/mol. The zero-order chi connectivity index (χ0) is 8.39. The van der Waals surface area contributed by atoms with E-state index in [0.29, 0.717) is 6.17 Å². The van der Waals surface area contributed by atoms with E-state index in [1.165, 1.54) is 19.3 Å². The van der Waals surface area contributed by atoms with Crippen LogP contribution in [0.4, 0.5) is 0 Å². The van der Waals surface area contributed by atoms with Gasteiger partial charge in [0.2, 0.25) is 0 Å². The maximum Gasteiger partial charge on any atom is 0.123 e. The fourth-order valence-corrected chi connectivity index (χ4v) is 1.96. The van der Waals surface area contributed by atoms with Crippen LogP contribution in [-0.4, -0.2) is 16.3 Å². The van der Waals surface area contributed by atoms with Gasteiger partial charge in [-0.2, -0.15) is 5.10 Å². The fraction of sp³-hybridized carbons (Fsp3) is 0.625. The van der Waals surface area contributed by atoms with Crippen molar-refractivity contribution < 1.29 is 0 Å². The van der Waals surface area contributed by atoms with Crippen LogP contribution < -0.4 is 5.32 Å². The maximum atomic E-state index is 4.38. The molecule has 1 unspecified atom stereocenters. The van der Waals surface area contributed by atoms with Crippen LogP contribution in [0.25, 0.3) is 0 Å². The molecule has 0 saturated carbocycles. The Balaban J connectivity index is 2.08. The molecular weight excluding hydrogens is 265 g/mol. The quantitative estimate of drug-likeness (QED) is 0.793. The summed E-state index contributed by atoms with van der Waals surface area (Å²) in [7, 11) is 0. The molecule has 12 heavy (non-hydrogen) atoms. The van der Waals surface area contributed by atoms with Gasteiger partial charge in [0.15, 0.2) is 0 Å². The lowest BCUT2D eigenvalue weighted by Gasteiger charge is -2.23. The number of halogens is 1. The molecule has 1 aromatic heterocycles. The van der Waals surface area contributed by atoms with Gasteiger partial charge in [0.25, 0.3) is 0 Å². The topological polar surface area (TPSA) is 29.9 Å². The number of hydrogen-bond acceptors (Lipinski definition) is 2. The molecule has 66 valence electrons. The van der Waals surface area contributed by atoms with Crippen LogP contribution in [0.15, 0.2) is 12.3 Å². The summed E-state index contributed by atoms with van der Waals surface area (Å²) < 4.78 is 3.10. The summed E-state index contributed by atoms with van der Waals surface area (Å²) in [4.78, 5) is 0. The SMILES string of the molecule is Ic1ccn(C2CCCCN2)n1. The predicted octanol–water partition coefficient (Wildman–Crippen LogP) is 1.76. The Morgan fingerprint density at radius 3 is 3.08 bits per heavy atom. The number of aromatic nitrogens is 2. The first-order chi connectivity index (χ1) is 5.86. The molecule has 0 amide bonds. The third kappa shape index (κ3) is 1.80. The Bertz CT molecular complexity index is 253. The molecule has 2 rings (SSSR count). The number of rotatable bonds is 1. The van der Waals surface area contributed by atoms with Crippen molar-refractivity contribution in [2.24, 2.45) is 0 Å². The second kappa shape index (κ2) is 3.74. The Morgan fingerprint density at radius 2 is 2.50 bits per heavy atom. The van der Waals surface area contributed by atoms with E-state index >= 15 is 0 Å². The van der Waals surface area contributed by atoms with Crippen LogP contribution in [-0.2, 0) is 0 Å². The van der Waals surface area contributed by atoms with Crippen molar-refractivity contribution in [2.75, 3.05) is 6.54 Å². The van der Waals surface area contributed by atoms with Gasteiger partial charge in [-0.25, -0.2) is 0 Å². The van der Waals surface area contributed by atoms with Crippen LogP contribution in [0.5, 0.6) is 0 Å². The minimum Gasteiger partial charge on any atom is -0.296 e. The van der Waals surface area contributed by atoms with E-state index in [1.807, 2.05) is 16.9 Å². The molecule has 1 aliphatic rings. The summed E-state index contributed by atoms with van der Waals surface area (Å²) in [6, 6.07) is 2.04. The molecule has 1 saturated heterocycles. The molecule has 0 bridgehead atoms. The highest BCUT2D eigenvalue weighted by atomic mass is 127. The largest absolute Gasteiger partial charge is 0.296 e. The van der Waals surface area contributed by atoms with Gasteiger partial charge in [-0.3, -0.25) is 10.00 Å². The van der Waals surface area contributed by atoms with E-state index in [9.17, 15) is 0 Å². The van der Waals surface area contributed by atoms with Gasteiger partial charge < -0.3 is 0 Å². The summed E-state index contributed by atoms with van der Waals surface area (Å²) in [5, 5.41) is 7.82. The monoisotopic (exact) mass is 277 g/mol. The van der Waals surface area contributed by atoms with Crippen LogP contribution in [0, 0.1) is 3.70 Å². The lowest BCUT2D eigenvalue weighted by molar-refractivity contribution is 0.297. The predicted molar refractivity (Wildman–Crippen MR) is 55.8 cm³/mol. The average Bonchev–Trinajstić information content (AvgIpc) is 2.54. The Kier molecular flexibility index (Phi) is 2.65. The van der Waals surface area contributed by atoms with E-state index in [1.54, 1.807) is 0 Å². The molecular formula is C8H12IN3. The van der Waals surface area contributed by atoms with E-state index < -0.39 is 0 Å². The van der Waals surface area contributed by atoms with Crippen LogP contribution >= 0.6 is 22.6 Å². The minimum atomic E-state index is 0.433. The highest BCUT2D eigenvalue weighted by molar-refractivity contribution is 14.1. The molecule has 2 heterocycles. The first kappa shape index (κ1) is 8.50. The standard InChI is InChI=1S/C8H12IN3/c9-7-4-6-12(11-7)8-3-1-2-5-10-8/h4,6,8,10H,1-3,5H2. The normalized spacial score (nSPS) is 24.2. The van der Waals surface area contributed by atoms with E-state index in [2.05, 4.69) is 33.0 Å². The molecule has 0 spiro atoms. The second-order valence-electron chi connectivity index (χ2n) is 3.08. The van der Waals surface area contributed by atoms with Gasteiger partial charge >= 0.3 is 0 Å². The van der Waals surface area contributed by atoms with Gasteiger partial charge in [-0.15, -0.1) is 0 Å². The highest BCUT2D eigenvalue weighted by Gasteiger charge is 2.14. The van der Waals surface area contributed by atoms with Crippen molar-refractivity contribution in [3.63, 3.8) is 0 Å². The van der Waals surface area contributed by atoms with E-state index in [0.717, 1.165) is 10.2 Å². The number of hydrogen-bond donors (Lipinski definition) is 1. The molecule has 1 aromatic rings. The molecule has 0 aromatic carbocycles. The Hall–Kier alpha value is -0.100. The van der Waals surface area contributed by atoms with Crippen molar-refractivity contribution in [2.45, 2.75) is 25.4 Å². The summed E-state index contributed by atoms with van der Waals surface area (Å²) >= 11 is 2.24. The number of nitrogens with one attached hydrogen (secondary N) is 1. The van der Waals surface area contributed by atoms with Crippen LogP contribution in [0.3, 0.4) is 0 Å². The van der Waals surface area contributed by atoms with Crippen molar-refractivity contribution >= 4 is 22.6 Å². The molecule has 1 atom stereocenters. The van der Waals surface area contributed by atoms with Crippen molar-refractivity contribution in [1.82, 2.24) is 15.1 Å². The van der Waals surface area contributed by atoms with E-state index in [-0.39, 0.29) is 0 Å². The first-order valence-corrected chi connectivity index (χ1v) is 5.38. The number of nitrogens with zero attached hydrogens (tertiary/aromatic N) is 2. The molecule has 0 radical (unpaired) electrons. The number of piperidine rings is 1. The Morgan fingerprint density at radius 1 is 1.58 bits per heavy atom. The highest BCUT2D eigenvalue weighted by Crippen LogP contribution is 2.16. The summed E-state index contributed by atoms with van der Waals surface area (Å²) in [6.45, 7) is 1.13. The molecule has 4 heteroatoms. The zero-order valence-corrected chi connectivity index (χ0v) is 8.99. The van der Waals surface area contributed by atoms with Gasteiger partial charge in [0, 0.05) is 6.20 Å². The third-order valence-corrected chi connectivity index (χ3v) is 2.75. The Labute approximate surface area is 85.7 Å². The molecule has 3 nitrogen and oxygen atoms in total. The lowest BCUT2D eigenvalue weighted by atomic mass is 10.1. The molecule has 0 aliphatic carbocycles. The fourth-order valence-electron chi connectivity index (χ4n) is 1.55. The summed E-state index contributed by atoms with van der Waals surface area (Å²) in [6.07, 6.45) is 6.30. The second-order valence-corrected chi connectivity index (χ2v) is 4.19. The van der Waals surface area contributed by atoms with Crippen molar-refractivity contribution in [3.05, 3.63) is 16.0 Å². The zero-order valence-electron chi connectivity index (χ0n) is 6.83.